The predicted octanol–water partition coefficient (Wildman–Crippen LogP) is 1.84. The van der Waals surface area contributed by atoms with E-state index in [0.717, 1.165) is 0 Å². The smallest absolute Gasteiger partial charge is 0.163 e. The summed E-state index contributed by atoms with van der Waals surface area (Å²) in [6, 6.07) is 3.46. The van der Waals surface area contributed by atoms with Gasteiger partial charge in [-0.15, -0.1) is 0 Å². The van der Waals surface area contributed by atoms with E-state index in [-0.39, 0.29) is 18.0 Å². The van der Waals surface area contributed by atoms with Crippen LogP contribution >= 0.6 is 0 Å². The number of carbonyl (C=O) groups excluding carboxylic acids is 2. The van der Waals surface area contributed by atoms with E-state index in [1.807, 2.05) is 0 Å². The molecule has 3 heteroatoms. The minimum Gasteiger partial charge on any atom is -0.465 e. The molecule has 0 spiro atoms. The Balaban J connectivity index is 2.49. The van der Waals surface area contributed by atoms with Crippen molar-refractivity contribution in [2.45, 2.75) is 13.3 Å². The highest BCUT2D eigenvalue weighted by atomic mass is 16.3. The third-order valence-electron chi connectivity index (χ3n) is 1.40. The summed E-state index contributed by atoms with van der Waals surface area (Å²) in [6.07, 6.45) is 4.37. The van der Waals surface area contributed by atoms with E-state index in [4.69, 9.17) is 4.42 Å². The minimum absolute atomic E-state index is 0.0444. The van der Waals surface area contributed by atoms with Gasteiger partial charge in [0.05, 0.1) is 12.7 Å². The van der Waals surface area contributed by atoms with E-state index in [1.54, 1.807) is 18.2 Å². The van der Waals surface area contributed by atoms with Crippen molar-refractivity contribution in [1.82, 2.24) is 0 Å². The van der Waals surface area contributed by atoms with Gasteiger partial charge in [0, 0.05) is 0 Å². The van der Waals surface area contributed by atoms with E-state index in [2.05, 4.69) is 0 Å². The van der Waals surface area contributed by atoms with Gasteiger partial charge in [-0.25, -0.2) is 0 Å². The molecule has 0 unspecified atom stereocenters. The van der Waals surface area contributed by atoms with E-state index >= 15 is 0 Å². The fourth-order valence-electron chi connectivity index (χ4n) is 0.865. The number of ketones is 2. The van der Waals surface area contributed by atoms with Gasteiger partial charge in [0.15, 0.2) is 5.78 Å². The summed E-state index contributed by atoms with van der Waals surface area (Å²) < 4.78 is 4.96. The van der Waals surface area contributed by atoms with Gasteiger partial charge in [-0.2, -0.15) is 0 Å². The molecule has 0 N–H and O–H groups in total. The molecule has 1 aromatic heterocycles. The molecule has 1 aromatic rings. The molecular formula is C10H10O3. The molecule has 0 saturated carbocycles. The molecule has 3 nitrogen and oxygen atoms in total. The van der Waals surface area contributed by atoms with Crippen molar-refractivity contribution >= 4 is 17.6 Å². The molecule has 0 amide bonds. The average molecular weight is 178 g/mol. The summed E-state index contributed by atoms with van der Waals surface area (Å²) in [5.74, 6) is 0.273. The second-order valence-corrected chi connectivity index (χ2v) is 2.69. The van der Waals surface area contributed by atoms with Crippen molar-refractivity contribution in [3.8, 4) is 0 Å². The predicted molar refractivity (Wildman–Crippen MR) is 48.0 cm³/mol. The lowest BCUT2D eigenvalue weighted by Gasteiger charge is -1.87. The van der Waals surface area contributed by atoms with Crippen LogP contribution in [-0.2, 0) is 9.59 Å². The molecule has 0 aliphatic heterocycles. The van der Waals surface area contributed by atoms with E-state index in [0.29, 0.717) is 5.76 Å². The fourth-order valence-corrected chi connectivity index (χ4v) is 0.865. The lowest BCUT2D eigenvalue weighted by molar-refractivity contribution is -0.123. The highest BCUT2D eigenvalue weighted by Gasteiger charge is 2.00. The zero-order chi connectivity index (χ0) is 9.68. The standard InChI is InChI=1S/C10H10O3/c1-8(11)7-9(12)4-5-10-3-2-6-13-10/h2-6H,7H2,1H3. The third kappa shape index (κ3) is 3.51. The molecule has 0 aliphatic rings. The van der Waals surface area contributed by atoms with Crippen molar-refractivity contribution < 1.29 is 14.0 Å². The topological polar surface area (TPSA) is 47.3 Å². The van der Waals surface area contributed by atoms with Crippen molar-refractivity contribution in [1.29, 1.82) is 0 Å². The molecule has 0 radical (unpaired) electrons. The third-order valence-corrected chi connectivity index (χ3v) is 1.40. The SMILES string of the molecule is CC(=O)CC(=O)C=Cc1ccco1. The molecule has 0 saturated heterocycles. The van der Waals surface area contributed by atoms with E-state index < -0.39 is 0 Å². The van der Waals surface area contributed by atoms with Crippen LogP contribution in [0.1, 0.15) is 19.1 Å². The number of furan rings is 1. The Labute approximate surface area is 76.0 Å². The van der Waals surface area contributed by atoms with Crippen LogP contribution < -0.4 is 0 Å². The Morgan fingerprint density at radius 3 is 2.85 bits per heavy atom. The Bertz CT molecular complexity index is 320. The van der Waals surface area contributed by atoms with E-state index in [1.165, 1.54) is 19.3 Å². The second kappa shape index (κ2) is 4.40. The number of hydrogen-bond acceptors (Lipinski definition) is 3. The van der Waals surface area contributed by atoms with Crippen molar-refractivity contribution in [2.24, 2.45) is 0 Å². The van der Waals surface area contributed by atoms with Crippen LogP contribution in [0.4, 0.5) is 0 Å². The highest BCUT2D eigenvalue weighted by molar-refractivity contribution is 6.05. The zero-order valence-corrected chi connectivity index (χ0v) is 7.32. The highest BCUT2D eigenvalue weighted by Crippen LogP contribution is 2.02. The molecule has 0 atom stereocenters. The molecule has 0 bridgehead atoms. The van der Waals surface area contributed by atoms with Crippen LogP contribution in [-0.4, -0.2) is 11.6 Å². The van der Waals surface area contributed by atoms with Crippen molar-refractivity contribution in [3.63, 3.8) is 0 Å². The summed E-state index contributed by atoms with van der Waals surface area (Å²) in [6.45, 7) is 1.39. The van der Waals surface area contributed by atoms with Gasteiger partial charge in [0.25, 0.3) is 0 Å². The molecule has 0 aromatic carbocycles. The molecular weight excluding hydrogens is 168 g/mol. The van der Waals surface area contributed by atoms with Gasteiger partial charge < -0.3 is 4.42 Å². The van der Waals surface area contributed by atoms with Gasteiger partial charge in [-0.05, 0) is 31.2 Å². The first-order valence-corrected chi connectivity index (χ1v) is 3.92. The fraction of sp³-hybridized carbons (Fsp3) is 0.200. The molecule has 13 heavy (non-hydrogen) atoms. The van der Waals surface area contributed by atoms with Crippen molar-refractivity contribution in [2.75, 3.05) is 0 Å². The summed E-state index contributed by atoms with van der Waals surface area (Å²) in [4.78, 5) is 21.5. The first kappa shape index (κ1) is 9.45. The molecule has 0 fully saturated rings. The van der Waals surface area contributed by atoms with Crippen LogP contribution in [0.25, 0.3) is 6.08 Å². The van der Waals surface area contributed by atoms with Crippen LogP contribution in [0.2, 0.25) is 0 Å². The molecule has 0 aliphatic carbocycles. The maximum atomic E-state index is 11.0. The van der Waals surface area contributed by atoms with Gasteiger partial charge in [0.2, 0.25) is 0 Å². The monoisotopic (exact) mass is 178 g/mol. The largest absolute Gasteiger partial charge is 0.465 e. The Morgan fingerprint density at radius 1 is 1.54 bits per heavy atom. The molecule has 68 valence electrons. The maximum Gasteiger partial charge on any atom is 0.163 e. The number of rotatable bonds is 4. The second-order valence-electron chi connectivity index (χ2n) is 2.69. The molecule has 1 rings (SSSR count). The average Bonchev–Trinajstić information content (AvgIpc) is 2.51. The van der Waals surface area contributed by atoms with Crippen LogP contribution in [0, 0.1) is 0 Å². The normalized spacial score (nSPS) is 10.5. The molecule has 1 heterocycles. The first-order chi connectivity index (χ1) is 6.18. The van der Waals surface area contributed by atoms with Crippen LogP contribution in [0.3, 0.4) is 0 Å². The number of hydrogen-bond donors (Lipinski definition) is 0. The summed E-state index contributed by atoms with van der Waals surface area (Å²) in [5, 5.41) is 0. The Hall–Kier alpha value is -1.64. The Morgan fingerprint density at radius 2 is 2.31 bits per heavy atom. The number of Topliss-reactive ketones (excluding diaryl/α,β-unsaturated/α-hetero) is 1. The quantitative estimate of drug-likeness (QED) is 0.522. The van der Waals surface area contributed by atoms with E-state index in [9.17, 15) is 9.59 Å². The van der Waals surface area contributed by atoms with Crippen LogP contribution in [0.15, 0.2) is 28.9 Å². The van der Waals surface area contributed by atoms with Gasteiger partial charge in [-0.3, -0.25) is 9.59 Å². The maximum absolute atomic E-state index is 11.0. The zero-order valence-electron chi connectivity index (χ0n) is 7.32. The summed E-state index contributed by atoms with van der Waals surface area (Å²) >= 11 is 0. The van der Waals surface area contributed by atoms with Crippen molar-refractivity contribution in [3.05, 3.63) is 30.2 Å². The summed E-state index contributed by atoms with van der Waals surface area (Å²) in [5.41, 5.74) is 0. The van der Waals surface area contributed by atoms with Gasteiger partial charge in [-0.1, -0.05) is 0 Å². The van der Waals surface area contributed by atoms with Crippen LogP contribution in [0.5, 0.6) is 0 Å². The van der Waals surface area contributed by atoms with Gasteiger partial charge >= 0.3 is 0 Å². The Kier molecular flexibility index (Phi) is 3.20. The lowest BCUT2D eigenvalue weighted by Crippen LogP contribution is -1.99. The minimum atomic E-state index is -0.205. The first-order valence-electron chi connectivity index (χ1n) is 3.92. The van der Waals surface area contributed by atoms with Gasteiger partial charge in [0.1, 0.15) is 11.5 Å². The number of allylic oxidation sites excluding steroid dienone is 1. The summed E-state index contributed by atoms with van der Waals surface area (Å²) in [7, 11) is 0. The number of carbonyl (C=O) groups is 2. The lowest BCUT2D eigenvalue weighted by atomic mass is 10.2.